The van der Waals surface area contributed by atoms with Crippen LogP contribution in [0, 0.1) is 0 Å². The topological polar surface area (TPSA) is 69.7 Å². The molecule has 1 saturated heterocycles. The zero-order valence-electron chi connectivity index (χ0n) is 20.2. The molecule has 1 heterocycles. The van der Waals surface area contributed by atoms with Crippen molar-refractivity contribution in [1.29, 1.82) is 0 Å². The molecule has 0 spiro atoms. The van der Waals surface area contributed by atoms with E-state index in [1.165, 1.54) is 11.2 Å². The van der Waals surface area contributed by atoms with Crippen LogP contribution in [0.2, 0.25) is 5.02 Å². The average Bonchev–Trinajstić information content (AvgIpc) is 2.82. The third-order valence-electron chi connectivity index (χ3n) is 7.11. The Morgan fingerprint density at radius 3 is 2.00 bits per heavy atom. The van der Waals surface area contributed by atoms with Gasteiger partial charge in [-0.1, -0.05) is 11.6 Å². The molecule has 2 fully saturated rings. The second-order valence-corrected chi connectivity index (χ2v) is 12.1. The minimum absolute atomic E-state index is 0.0607. The van der Waals surface area contributed by atoms with E-state index in [2.05, 4.69) is 5.32 Å². The maximum Gasteiger partial charge on any atom is 0.417 e. The van der Waals surface area contributed by atoms with E-state index in [-0.39, 0.29) is 56.9 Å². The molecule has 0 aromatic heterocycles. The van der Waals surface area contributed by atoms with Crippen molar-refractivity contribution >= 4 is 27.5 Å². The number of rotatable bonds is 6. The van der Waals surface area contributed by atoms with Gasteiger partial charge in [0, 0.05) is 51.1 Å². The molecule has 16 heteroatoms. The first-order valence-corrected chi connectivity index (χ1v) is 13.7. The lowest BCUT2D eigenvalue weighted by Gasteiger charge is -2.50. The van der Waals surface area contributed by atoms with Crippen molar-refractivity contribution in [3.8, 4) is 0 Å². The molecule has 1 aliphatic heterocycles. The van der Waals surface area contributed by atoms with Gasteiger partial charge < -0.3 is 5.32 Å². The summed E-state index contributed by atoms with van der Waals surface area (Å²) < 4.78 is 134. The fraction of sp³-hybridized carbons (Fsp3) is 0.682. The van der Waals surface area contributed by atoms with E-state index < -0.39 is 80.8 Å². The Morgan fingerprint density at radius 2 is 1.53 bits per heavy atom. The molecule has 1 aromatic rings. The van der Waals surface area contributed by atoms with Crippen LogP contribution >= 0.6 is 11.6 Å². The minimum Gasteiger partial charge on any atom is -0.350 e. The zero-order valence-corrected chi connectivity index (χ0v) is 21.7. The molecule has 1 aromatic carbocycles. The lowest BCUT2D eigenvalue weighted by atomic mass is 9.78. The van der Waals surface area contributed by atoms with E-state index in [1.807, 2.05) is 0 Å². The molecule has 0 radical (unpaired) electrons. The SMILES string of the molecule is CCS(=O)(=O)N1CCN(C2(CNC(=O)c3c(Cl)cc(C(F)(F)F)cc3C(F)(F)F)CCC(F)(F)CC2)CC1. The van der Waals surface area contributed by atoms with Crippen molar-refractivity contribution in [3.05, 3.63) is 33.8 Å². The first kappa shape index (κ1) is 30.8. The molecule has 1 aliphatic carbocycles. The molecule has 6 nitrogen and oxygen atoms in total. The summed E-state index contributed by atoms with van der Waals surface area (Å²) in [7, 11) is -3.50. The number of carbonyl (C=O) groups is 1. The first-order chi connectivity index (χ1) is 17.3. The number of sulfonamides is 1. The maximum atomic E-state index is 14.0. The smallest absolute Gasteiger partial charge is 0.350 e. The summed E-state index contributed by atoms with van der Waals surface area (Å²) >= 11 is 5.72. The van der Waals surface area contributed by atoms with Gasteiger partial charge in [0.1, 0.15) is 0 Å². The summed E-state index contributed by atoms with van der Waals surface area (Å²) in [4.78, 5) is 14.6. The molecule has 1 N–H and O–H groups in total. The number of amides is 1. The van der Waals surface area contributed by atoms with Gasteiger partial charge in [-0.25, -0.2) is 17.2 Å². The van der Waals surface area contributed by atoms with E-state index in [1.54, 1.807) is 4.90 Å². The Kier molecular flexibility index (Phi) is 8.68. The Morgan fingerprint density at radius 1 is 0.974 bits per heavy atom. The highest BCUT2D eigenvalue weighted by molar-refractivity contribution is 7.89. The van der Waals surface area contributed by atoms with Gasteiger partial charge in [-0.2, -0.15) is 30.6 Å². The fourth-order valence-corrected chi connectivity index (χ4v) is 6.26. The van der Waals surface area contributed by atoms with Crippen LogP contribution in [0.15, 0.2) is 12.1 Å². The van der Waals surface area contributed by atoms with Crippen LogP contribution in [0.25, 0.3) is 0 Å². The second-order valence-electron chi connectivity index (χ2n) is 9.43. The molecular weight excluding hydrogens is 574 g/mol. The average molecular weight is 600 g/mol. The lowest BCUT2D eigenvalue weighted by molar-refractivity contribution is -0.143. The molecule has 1 amide bonds. The summed E-state index contributed by atoms with van der Waals surface area (Å²) in [5, 5.41) is 1.21. The quantitative estimate of drug-likeness (QED) is 0.466. The summed E-state index contributed by atoms with van der Waals surface area (Å²) in [5.74, 6) is -4.52. The number of halogens is 9. The van der Waals surface area contributed by atoms with Crippen molar-refractivity contribution in [2.45, 2.75) is 56.4 Å². The molecule has 0 atom stereocenters. The van der Waals surface area contributed by atoms with Crippen LogP contribution in [-0.4, -0.2) is 73.5 Å². The number of hydrogen-bond donors (Lipinski definition) is 1. The van der Waals surface area contributed by atoms with Crippen LogP contribution in [-0.2, 0) is 22.4 Å². The summed E-state index contributed by atoms with van der Waals surface area (Å²) in [6.07, 6.45) is -11.9. The van der Waals surface area contributed by atoms with Gasteiger partial charge in [0.25, 0.3) is 5.91 Å². The first-order valence-electron chi connectivity index (χ1n) is 11.7. The molecule has 0 unspecified atom stereocenters. The van der Waals surface area contributed by atoms with Crippen molar-refractivity contribution < 1.29 is 48.3 Å². The Balaban J connectivity index is 1.88. The third-order valence-corrected chi connectivity index (χ3v) is 9.29. The summed E-state index contributed by atoms with van der Waals surface area (Å²) in [6.45, 7) is 1.47. The van der Waals surface area contributed by atoms with E-state index >= 15 is 0 Å². The van der Waals surface area contributed by atoms with Crippen LogP contribution in [0.1, 0.15) is 54.1 Å². The normalized spacial score (nSPS) is 21.3. The number of nitrogens with one attached hydrogen (secondary N) is 1. The number of carbonyl (C=O) groups excluding carboxylic acids is 1. The number of piperazine rings is 1. The Hall–Kier alpha value is -1.71. The van der Waals surface area contributed by atoms with E-state index in [4.69, 9.17) is 11.6 Å². The van der Waals surface area contributed by atoms with E-state index in [0.29, 0.717) is 0 Å². The highest BCUT2D eigenvalue weighted by Crippen LogP contribution is 2.43. The van der Waals surface area contributed by atoms with Crippen molar-refractivity contribution in [2.75, 3.05) is 38.5 Å². The van der Waals surface area contributed by atoms with Crippen molar-refractivity contribution in [1.82, 2.24) is 14.5 Å². The highest BCUT2D eigenvalue weighted by Gasteiger charge is 2.48. The zero-order chi connectivity index (χ0) is 28.7. The van der Waals surface area contributed by atoms with Crippen LogP contribution in [0.4, 0.5) is 35.1 Å². The van der Waals surface area contributed by atoms with Gasteiger partial charge in [-0.15, -0.1) is 0 Å². The maximum absolute atomic E-state index is 14.0. The third kappa shape index (κ3) is 6.70. The summed E-state index contributed by atoms with van der Waals surface area (Å²) in [6, 6.07) is 0.0150. The standard InChI is InChI=1S/C22H26ClF8N3O3S/c1-2-38(36,37)34-9-7-33(8-10-34)19(3-5-20(24,25)6-4-19)13-32-18(35)17-15(22(29,30)31)11-14(12-16(17)23)21(26,27)28/h11-12H,2-10,13H2,1H3,(H,32,35). The summed E-state index contributed by atoms with van der Waals surface area (Å²) in [5.41, 5.74) is -5.90. The fourth-order valence-electron chi connectivity index (χ4n) is 4.87. The van der Waals surface area contributed by atoms with Gasteiger partial charge in [0.15, 0.2) is 0 Å². The van der Waals surface area contributed by atoms with Gasteiger partial charge in [-0.3, -0.25) is 9.69 Å². The number of nitrogens with zero attached hydrogens (tertiary/aromatic N) is 2. The van der Waals surface area contributed by atoms with Gasteiger partial charge >= 0.3 is 12.4 Å². The predicted molar refractivity (Wildman–Crippen MR) is 123 cm³/mol. The number of alkyl halides is 8. The Bertz CT molecular complexity index is 1140. The molecule has 2 aliphatic rings. The van der Waals surface area contributed by atoms with E-state index in [9.17, 15) is 48.3 Å². The highest BCUT2D eigenvalue weighted by atomic mass is 35.5. The van der Waals surface area contributed by atoms with Gasteiger partial charge in [0.2, 0.25) is 15.9 Å². The van der Waals surface area contributed by atoms with Crippen LogP contribution < -0.4 is 5.32 Å². The monoisotopic (exact) mass is 599 g/mol. The molecule has 1 saturated carbocycles. The number of benzene rings is 1. The van der Waals surface area contributed by atoms with Crippen LogP contribution in [0.3, 0.4) is 0 Å². The predicted octanol–water partition coefficient (Wildman–Crippen LogP) is 5.02. The van der Waals surface area contributed by atoms with E-state index in [0.717, 1.165) is 0 Å². The van der Waals surface area contributed by atoms with Crippen LogP contribution in [0.5, 0.6) is 0 Å². The molecule has 38 heavy (non-hydrogen) atoms. The molecule has 3 rings (SSSR count). The lowest BCUT2D eigenvalue weighted by Crippen LogP contribution is -2.63. The minimum atomic E-state index is -5.34. The molecule has 216 valence electrons. The second kappa shape index (κ2) is 10.7. The molecule has 0 bridgehead atoms. The number of hydrogen-bond acceptors (Lipinski definition) is 4. The van der Waals surface area contributed by atoms with Gasteiger partial charge in [-0.05, 0) is 31.9 Å². The van der Waals surface area contributed by atoms with Crippen molar-refractivity contribution in [3.63, 3.8) is 0 Å². The molecular formula is C22H26ClF8N3O3S. The Labute approximate surface area is 219 Å². The van der Waals surface area contributed by atoms with Gasteiger partial charge in [0.05, 0.1) is 27.5 Å². The van der Waals surface area contributed by atoms with Crippen molar-refractivity contribution in [2.24, 2.45) is 0 Å². The largest absolute Gasteiger partial charge is 0.417 e.